The van der Waals surface area contributed by atoms with Gasteiger partial charge in [0.15, 0.2) is 0 Å². The van der Waals surface area contributed by atoms with E-state index in [4.69, 9.17) is 0 Å². The van der Waals surface area contributed by atoms with Crippen molar-refractivity contribution in [2.24, 2.45) is 0 Å². The molecule has 0 saturated heterocycles. The Kier molecular flexibility index (Phi) is 6.14. The number of non-ortho nitro benzene ring substituents is 1. The van der Waals surface area contributed by atoms with Gasteiger partial charge in [-0.3, -0.25) is 30.6 Å². The maximum atomic E-state index is 12.0. The summed E-state index contributed by atoms with van der Waals surface area (Å²) in [5.41, 5.74) is 6.10. The smallest absolute Gasteiger partial charge is 0.270 e. The summed E-state index contributed by atoms with van der Waals surface area (Å²) in [5.74, 6) is -1.22. The van der Waals surface area contributed by atoms with Crippen molar-refractivity contribution < 1.29 is 14.5 Å². The third-order valence-corrected chi connectivity index (χ3v) is 4.57. The van der Waals surface area contributed by atoms with E-state index in [9.17, 15) is 19.7 Å². The fourth-order valence-corrected chi connectivity index (χ4v) is 3.01. The first-order valence-electron chi connectivity index (χ1n) is 8.26. The maximum Gasteiger partial charge on any atom is 0.270 e. The highest BCUT2D eigenvalue weighted by molar-refractivity contribution is 7.99. The third-order valence-electron chi connectivity index (χ3n) is 3.65. The van der Waals surface area contributed by atoms with E-state index in [0.29, 0.717) is 5.16 Å². The zero-order valence-electron chi connectivity index (χ0n) is 15.1. The lowest BCUT2D eigenvalue weighted by molar-refractivity contribution is -0.384. The molecule has 12 heteroatoms. The quantitative estimate of drug-likeness (QED) is 0.351. The average Bonchev–Trinajstić information content (AvgIpc) is 3.19. The van der Waals surface area contributed by atoms with Gasteiger partial charge in [0.25, 0.3) is 11.6 Å². The first-order chi connectivity index (χ1) is 13.9. The van der Waals surface area contributed by atoms with Crippen molar-refractivity contribution in [1.29, 1.82) is 0 Å². The molecule has 2 N–H and O–H groups in total. The predicted octanol–water partition coefficient (Wildman–Crippen LogP) is 1.43. The van der Waals surface area contributed by atoms with Crippen LogP contribution in [0.1, 0.15) is 15.9 Å². The molecule has 0 aliphatic carbocycles. The summed E-state index contributed by atoms with van der Waals surface area (Å²) in [6.07, 6.45) is 0. The summed E-state index contributed by atoms with van der Waals surface area (Å²) in [6.45, 7) is 1.94. The third kappa shape index (κ3) is 5.13. The van der Waals surface area contributed by atoms with Crippen molar-refractivity contribution in [2.75, 3.05) is 5.75 Å². The summed E-state index contributed by atoms with van der Waals surface area (Å²) < 4.78 is 1.51. The number of carbonyl (C=O) groups is 2. The lowest BCUT2D eigenvalue weighted by Gasteiger charge is -2.08. The highest BCUT2D eigenvalue weighted by Crippen LogP contribution is 2.18. The van der Waals surface area contributed by atoms with Gasteiger partial charge < -0.3 is 0 Å². The van der Waals surface area contributed by atoms with Crippen LogP contribution in [-0.2, 0) is 4.79 Å². The standard InChI is InChI=1S/C17H15N7O4S/c1-11-4-2-6-13(8-11)23-17(20-21-22-23)29-10-15(25)18-19-16(26)12-5-3-7-14(9-12)24(27)28/h2-9H,10H2,1H3,(H,18,25)(H,19,26). The van der Waals surface area contributed by atoms with Crippen molar-refractivity contribution in [3.63, 3.8) is 0 Å². The van der Waals surface area contributed by atoms with Gasteiger partial charge in [-0.2, -0.15) is 4.68 Å². The lowest BCUT2D eigenvalue weighted by Crippen LogP contribution is -2.42. The number of hydrogen-bond donors (Lipinski definition) is 2. The van der Waals surface area contributed by atoms with Crippen LogP contribution in [0.5, 0.6) is 0 Å². The number of nitro groups is 1. The normalized spacial score (nSPS) is 10.4. The van der Waals surface area contributed by atoms with Crippen LogP contribution in [-0.4, -0.2) is 42.7 Å². The fraction of sp³-hybridized carbons (Fsp3) is 0.118. The number of hydrogen-bond acceptors (Lipinski definition) is 8. The Hall–Kier alpha value is -3.80. The molecule has 0 aliphatic heterocycles. The van der Waals surface area contributed by atoms with Gasteiger partial charge in [0.05, 0.1) is 16.4 Å². The zero-order valence-corrected chi connectivity index (χ0v) is 15.9. The van der Waals surface area contributed by atoms with Crippen LogP contribution in [0, 0.1) is 17.0 Å². The van der Waals surface area contributed by atoms with Crippen LogP contribution in [0.3, 0.4) is 0 Å². The monoisotopic (exact) mass is 413 g/mol. The number of amides is 2. The Labute approximate surface area is 168 Å². The second-order valence-electron chi connectivity index (χ2n) is 5.81. The largest absolute Gasteiger partial charge is 0.272 e. The van der Waals surface area contributed by atoms with E-state index in [1.807, 2.05) is 31.2 Å². The molecule has 29 heavy (non-hydrogen) atoms. The van der Waals surface area contributed by atoms with Crippen molar-refractivity contribution in [2.45, 2.75) is 12.1 Å². The minimum atomic E-state index is -0.670. The van der Waals surface area contributed by atoms with E-state index in [0.717, 1.165) is 29.1 Å². The number of tetrazole rings is 1. The Morgan fingerprint density at radius 1 is 1.17 bits per heavy atom. The molecule has 3 rings (SSSR count). The lowest BCUT2D eigenvalue weighted by atomic mass is 10.2. The molecule has 0 unspecified atom stereocenters. The molecule has 0 radical (unpaired) electrons. The molecule has 2 aromatic carbocycles. The number of nitro benzene ring substituents is 1. The molecule has 3 aromatic rings. The molecule has 1 heterocycles. The summed E-state index contributed by atoms with van der Waals surface area (Å²) >= 11 is 1.09. The fourth-order valence-electron chi connectivity index (χ4n) is 2.32. The predicted molar refractivity (Wildman–Crippen MR) is 103 cm³/mol. The molecule has 2 amide bonds. The summed E-state index contributed by atoms with van der Waals surface area (Å²) in [7, 11) is 0. The van der Waals surface area contributed by atoms with Gasteiger partial charge in [-0.05, 0) is 41.1 Å². The van der Waals surface area contributed by atoms with Gasteiger partial charge in [0.1, 0.15) is 0 Å². The van der Waals surface area contributed by atoms with E-state index in [2.05, 4.69) is 26.4 Å². The molecule has 0 spiro atoms. The highest BCUT2D eigenvalue weighted by Gasteiger charge is 2.14. The Morgan fingerprint density at radius 3 is 2.72 bits per heavy atom. The number of aryl methyl sites for hydroxylation is 1. The SMILES string of the molecule is Cc1cccc(-n2nnnc2SCC(=O)NNC(=O)c2cccc([N+](=O)[O-])c2)c1. The molecule has 0 aliphatic rings. The maximum absolute atomic E-state index is 12.0. The second kappa shape index (κ2) is 8.93. The highest BCUT2D eigenvalue weighted by atomic mass is 32.2. The minimum absolute atomic E-state index is 0.0514. The van der Waals surface area contributed by atoms with Crippen LogP contribution in [0.2, 0.25) is 0 Å². The zero-order chi connectivity index (χ0) is 20.8. The van der Waals surface area contributed by atoms with Gasteiger partial charge >= 0.3 is 0 Å². The minimum Gasteiger partial charge on any atom is -0.272 e. The number of nitrogens with zero attached hydrogens (tertiary/aromatic N) is 5. The molecule has 0 fully saturated rings. The summed E-state index contributed by atoms with van der Waals surface area (Å²) in [6, 6.07) is 12.7. The Bertz CT molecular complexity index is 1070. The molecular formula is C17H15N7O4S. The van der Waals surface area contributed by atoms with Crippen LogP contribution >= 0.6 is 11.8 Å². The molecular weight excluding hydrogens is 398 g/mol. The van der Waals surface area contributed by atoms with E-state index in [1.54, 1.807) is 0 Å². The average molecular weight is 413 g/mol. The van der Waals surface area contributed by atoms with Crippen molar-refractivity contribution in [3.05, 3.63) is 69.8 Å². The summed E-state index contributed by atoms with van der Waals surface area (Å²) in [4.78, 5) is 34.2. The number of carbonyl (C=O) groups excluding carboxylic acids is 2. The van der Waals surface area contributed by atoms with Crippen LogP contribution < -0.4 is 10.9 Å². The second-order valence-corrected chi connectivity index (χ2v) is 6.75. The first kappa shape index (κ1) is 19.9. The Balaban J connectivity index is 1.55. The van der Waals surface area contributed by atoms with E-state index >= 15 is 0 Å². The van der Waals surface area contributed by atoms with Gasteiger partial charge in [-0.25, -0.2) is 0 Å². The van der Waals surface area contributed by atoms with Gasteiger partial charge in [-0.15, -0.1) is 5.10 Å². The number of rotatable bonds is 6. The molecule has 0 bridgehead atoms. The first-order valence-corrected chi connectivity index (χ1v) is 9.24. The number of nitrogens with one attached hydrogen (secondary N) is 2. The van der Waals surface area contributed by atoms with Crippen molar-refractivity contribution >= 4 is 29.3 Å². The van der Waals surface area contributed by atoms with Gasteiger partial charge in [0, 0.05) is 17.7 Å². The molecule has 0 atom stereocenters. The molecule has 148 valence electrons. The molecule has 0 saturated carbocycles. The van der Waals surface area contributed by atoms with Crippen molar-refractivity contribution in [1.82, 2.24) is 31.1 Å². The Morgan fingerprint density at radius 2 is 1.97 bits per heavy atom. The number of hydrazine groups is 1. The van der Waals surface area contributed by atoms with Gasteiger partial charge in [-0.1, -0.05) is 30.0 Å². The van der Waals surface area contributed by atoms with Crippen LogP contribution in [0.4, 0.5) is 5.69 Å². The topological polar surface area (TPSA) is 145 Å². The van der Waals surface area contributed by atoms with E-state index < -0.39 is 16.7 Å². The molecule has 1 aromatic heterocycles. The molecule has 11 nitrogen and oxygen atoms in total. The van der Waals surface area contributed by atoms with Crippen LogP contribution in [0.25, 0.3) is 5.69 Å². The number of aromatic nitrogens is 4. The van der Waals surface area contributed by atoms with Crippen LogP contribution in [0.15, 0.2) is 53.7 Å². The summed E-state index contributed by atoms with van der Waals surface area (Å²) in [5, 5.41) is 22.6. The van der Waals surface area contributed by atoms with E-state index in [1.165, 1.54) is 22.9 Å². The van der Waals surface area contributed by atoms with Crippen molar-refractivity contribution in [3.8, 4) is 5.69 Å². The van der Waals surface area contributed by atoms with E-state index in [-0.39, 0.29) is 17.0 Å². The van der Waals surface area contributed by atoms with Gasteiger partial charge in [0.2, 0.25) is 11.1 Å². The number of thioether (sulfide) groups is 1. The number of benzene rings is 2.